The van der Waals surface area contributed by atoms with Gasteiger partial charge >= 0.3 is 0 Å². The number of piperidine rings is 1. The van der Waals surface area contributed by atoms with Crippen LogP contribution in [0.5, 0.6) is 0 Å². The van der Waals surface area contributed by atoms with Crippen LogP contribution in [-0.2, 0) is 11.3 Å². The van der Waals surface area contributed by atoms with Gasteiger partial charge in [-0.3, -0.25) is 14.7 Å². The Balaban J connectivity index is 1.78. The van der Waals surface area contributed by atoms with E-state index >= 15 is 0 Å². The van der Waals surface area contributed by atoms with Gasteiger partial charge in [0.25, 0.3) is 0 Å². The maximum atomic E-state index is 12.1. The van der Waals surface area contributed by atoms with Crippen molar-refractivity contribution in [2.75, 3.05) is 13.6 Å². The summed E-state index contributed by atoms with van der Waals surface area (Å²) >= 11 is 0. The van der Waals surface area contributed by atoms with Crippen molar-refractivity contribution in [2.45, 2.75) is 31.8 Å². The smallest absolute Gasteiger partial charge is 0.237 e. The lowest BCUT2D eigenvalue weighted by Crippen LogP contribution is -2.48. The number of hydrogen-bond donors (Lipinski definition) is 1. The molecule has 4 nitrogen and oxygen atoms in total. The summed E-state index contributed by atoms with van der Waals surface area (Å²) in [7, 11) is 1.72. The first-order valence-corrected chi connectivity index (χ1v) is 8.24. The third-order valence-electron chi connectivity index (χ3n) is 4.44. The van der Waals surface area contributed by atoms with Crippen LogP contribution in [0.4, 0.5) is 0 Å². The second-order valence-electron chi connectivity index (χ2n) is 6.01. The van der Waals surface area contributed by atoms with Gasteiger partial charge in [0.15, 0.2) is 0 Å². The zero-order chi connectivity index (χ0) is 16.1. The van der Waals surface area contributed by atoms with Gasteiger partial charge in [-0.15, -0.1) is 0 Å². The number of carbonyl (C=O) groups is 1. The lowest BCUT2D eigenvalue weighted by molar-refractivity contribution is -0.127. The summed E-state index contributed by atoms with van der Waals surface area (Å²) in [6, 6.07) is 14.4. The molecule has 1 aromatic carbocycles. The molecule has 0 aliphatic carbocycles. The van der Waals surface area contributed by atoms with Crippen molar-refractivity contribution in [1.29, 1.82) is 0 Å². The Bertz CT molecular complexity index is 657. The van der Waals surface area contributed by atoms with Crippen LogP contribution in [0, 0.1) is 0 Å². The molecule has 2 aromatic rings. The van der Waals surface area contributed by atoms with Gasteiger partial charge in [-0.05, 0) is 43.1 Å². The van der Waals surface area contributed by atoms with E-state index in [1.54, 1.807) is 7.05 Å². The average molecular weight is 309 g/mol. The van der Waals surface area contributed by atoms with Crippen molar-refractivity contribution in [2.24, 2.45) is 0 Å². The fourth-order valence-electron chi connectivity index (χ4n) is 3.24. The topological polar surface area (TPSA) is 45.2 Å². The van der Waals surface area contributed by atoms with E-state index in [-0.39, 0.29) is 11.9 Å². The van der Waals surface area contributed by atoms with E-state index in [2.05, 4.69) is 39.5 Å². The Hall–Kier alpha value is -2.20. The standard InChI is InChI=1S/C19H23N3O/c1-20-19(23)18-10-3-5-12-22(18)14-15-7-6-8-16(13-15)17-9-2-4-11-21-17/h2,4,6-9,11,13,18H,3,5,10,12,14H2,1H3,(H,20,23)/t18-/m1/s1. The average Bonchev–Trinajstić information content (AvgIpc) is 2.62. The number of likely N-dealkylation sites (tertiary alicyclic amines) is 1. The molecule has 0 radical (unpaired) electrons. The zero-order valence-corrected chi connectivity index (χ0v) is 13.5. The molecule has 0 saturated carbocycles. The molecular formula is C19H23N3O. The first-order valence-electron chi connectivity index (χ1n) is 8.24. The summed E-state index contributed by atoms with van der Waals surface area (Å²) < 4.78 is 0. The number of carbonyl (C=O) groups excluding carboxylic acids is 1. The number of pyridine rings is 1. The Kier molecular flexibility index (Phi) is 5.03. The number of rotatable bonds is 4. The number of nitrogens with zero attached hydrogens (tertiary/aromatic N) is 2. The van der Waals surface area contributed by atoms with Crippen LogP contribution < -0.4 is 5.32 Å². The fourth-order valence-corrected chi connectivity index (χ4v) is 3.24. The molecule has 120 valence electrons. The summed E-state index contributed by atoms with van der Waals surface area (Å²) in [4.78, 5) is 18.8. The van der Waals surface area contributed by atoms with Crippen LogP contribution in [0.15, 0.2) is 48.7 Å². The van der Waals surface area contributed by atoms with Gasteiger partial charge in [0.2, 0.25) is 5.91 Å². The fraction of sp³-hybridized carbons (Fsp3) is 0.368. The molecular weight excluding hydrogens is 286 g/mol. The van der Waals surface area contributed by atoms with Crippen molar-refractivity contribution in [3.63, 3.8) is 0 Å². The molecule has 4 heteroatoms. The molecule has 0 spiro atoms. The van der Waals surface area contributed by atoms with Gasteiger partial charge in [-0.1, -0.05) is 30.7 Å². The van der Waals surface area contributed by atoms with E-state index in [0.717, 1.165) is 43.6 Å². The Morgan fingerprint density at radius 3 is 2.96 bits per heavy atom. The maximum Gasteiger partial charge on any atom is 0.237 e. The van der Waals surface area contributed by atoms with Crippen molar-refractivity contribution < 1.29 is 4.79 Å². The highest BCUT2D eigenvalue weighted by Gasteiger charge is 2.27. The Morgan fingerprint density at radius 1 is 1.26 bits per heavy atom. The van der Waals surface area contributed by atoms with Crippen LogP contribution in [0.25, 0.3) is 11.3 Å². The molecule has 23 heavy (non-hydrogen) atoms. The molecule has 1 atom stereocenters. The van der Waals surface area contributed by atoms with E-state index in [1.807, 2.05) is 24.4 Å². The highest BCUT2D eigenvalue weighted by atomic mass is 16.2. The first kappa shape index (κ1) is 15.7. The van der Waals surface area contributed by atoms with Gasteiger partial charge in [0.05, 0.1) is 11.7 Å². The number of aromatic nitrogens is 1. The second kappa shape index (κ2) is 7.38. The molecule has 1 aliphatic heterocycles. The minimum atomic E-state index is -0.00717. The molecule has 1 aliphatic rings. The van der Waals surface area contributed by atoms with E-state index in [0.29, 0.717) is 0 Å². The molecule has 1 amide bonds. The maximum absolute atomic E-state index is 12.1. The van der Waals surface area contributed by atoms with Gasteiger partial charge in [0.1, 0.15) is 0 Å². The van der Waals surface area contributed by atoms with E-state index < -0.39 is 0 Å². The number of likely N-dealkylation sites (N-methyl/N-ethyl adjacent to an activating group) is 1. The summed E-state index contributed by atoms with van der Waals surface area (Å²) in [5, 5.41) is 2.80. The molecule has 2 heterocycles. The molecule has 1 saturated heterocycles. The highest BCUT2D eigenvalue weighted by molar-refractivity contribution is 5.81. The molecule has 0 unspecified atom stereocenters. The largest absolute Gasteiger partial charge is 0.358 e. The lowest BCUT2D eigenvalue weighted by Gasteiger charge is -2.34. The Labute approximate surface area is 137 Å². The summed E-state index contributed by atoms with van der Waals surface area (Å²) in [5.74, 6) is 0.130. The molecule has 1 aromatic heterocycles. The second-order valence-corrected chi connectivity index (χ2v) is 6.01. The van der Waals surface area contributed by atoms with Crippen molar-refractivity contribution in [3.8, 4) is 11.3 Å². The predicted molar refractivity (Wildman–Crippen MR) is 91.8 cm³/mol. The summed E-state index contributed by atoms with van der Waals surface area (Å²) in [5.41, 5.74) is 3.33. The number of amides is 1. The highest BCUT2D eigenvalue weighted by Crippen LogP contribution is 2.22. The quantitative estimate of drug-likeness (QED) is 0.944. The van der Waals surface area contributed by atoms with Crippen molar-refractivity contribution >= 4 is 5.91 Å². The van der Waals surface area contributed by atoms with Crippen LogP contribution >= 0.6 is 0 Å². The van der Waals surface area contributed by atoms with Crippen LogP contribution in [0.1, 0.15) is 24.8 Å². The molecule has 3 rings (SSSR count). The van der Waals surface area contributed by atoms with Crippen molar-refractivity contribution in [3.05, 3.63) is 54.2 Å². The number of nitrogens with one attached hydrogen (secondary N) is 1. The summed E-state index contributed by atoms with van der Waals surface area (Å²) in [6.07, 6.45) is 5.05. The Morgan fingerprint density at radius 2 is 2.17 bits per heavy atom. The van der Waals surface area contributed by atoms with Crippen LogP contribution in [0.2, 0.25) is 0 Å². The van der Waals surface area contributed by atoms with Crippen LogP contribution in [0.3, 0.4) is 0 Å². The monoisotopic (exact) mass is 309 g/mol. The van der Waals surface area contributed by atoms with Gasteiger partial charge in [-0.25, -0.2) is 0 Å². The minimum Gasteiger partial charge on any atom is -0.358 e. The molecule has 1 fully saturated rings. The van der Waals surface area contributed by atoms with Gasteiger partial charge in [-0.2, -0.15) is 0 Å². The van der Waals surface area contributed by atoms with E-state index in [9.17, 15) is 4.79 Å². The molecule has 0 bridgehead atoms. The summed E-state index contributed by atoms with van der Waals surface area (Å²) in [6.45, 7) is 1.78. The van der Waals surface area contributed by atoms with Crippen LogP contribution in [-0.4, -0.2) is 35.4 Å². The lowest BCUT2D eigenvalue weighted by atomic mass is 9.99. The van der Waals surface area contributed by atoms with Gasteiger partial charge in [0, 0.05) is 25.4 Å². The first-order chi connectivity index (χ1) is 11.3. The van der Waals surface area contributed by atoms with E-state index in [1.165, 1.54) is 5.56 Å². The minimum absolute atomic E-state index is 0.00717. The zero-order valence-electron chi connectivity index (χ0n) is 13.5. The molecule has 1 N–H and O–H groups in total. The van der Waals surface area contributed by atoms with Gasteiger partial charge < -0.3 is 5.32 Å². The third kappa shape index (κ3) is 3.77. The van der Waals surface area contributed by atoms with Crippen molar-refractivity contribution in [1.82, 2.24) is 15.2 Å². The normalized spacial score (nSPS) is 18.6. The SMILES string of the molecule is CNC(=O)[C@H]1CCCCN1Cc1cccc(-c2ccccn2)c1. The predicted octanol–water partition coefficient (Wildman–Crippen LogP) is 2.85. The number of benzene rings is 1. The number of hydrogen-bond acceptors (Lipinski definition) is 3. The third-order valence-corrected chi connectivity index (χ3v) is 4.44. The van der Waals surface area contributed by atoms with E-state index in [4.69, 9.17) is 0 Å².